The second kappa shape index (κ2) is 12.6. The van der Waals surface area contributed by atoms with E-state index in [1.54, 1.807) is 0 Å². The maximum absolute atomic E-state index is 6.74. The second-order valence-electron chi connectivity index (χ2n) is 10.9. The van der Waals surface area contributed by atoms with E-state index in [-0.39, 0.29) is 11.1 Å². The van der Waals surface area contributed by atoms with E-state index in [2.05, 4.69) is 91.8 Å². The Balaban J connectivity index is 1.41. The molecule has 0 spiro atoms. The first-order chi connectivity index (χ1) is 18.2. The molecule has 3 heterocycles. The lowest BCUT2D eigenvalue weighted by Crippen LogP contribution is -2.66. The molecular weight excluding hydrogens is 460 g/mol. The van der Waals surface area contributed by atoms with E-state index < -0.39 is 0 Å². The van der Waals surface area contributed by atoms with Crippen LogP contribution < -0.4 is 43.0 Å². The van der Waals surface area contributed by atoms with E-state index in [1.165, 1.54) is 27.1 Å². The van der Waals surface area contributed by atoms with Gasteiger partial charge in [0.2, 0.25) is 0 Å². The van der Waals surface area contributed by atoms with Crippen molar-refractivity contribution in [3.05, 3.63) is 60.2 Å². The van der Waals surface area contributed by atoms with E-state index in [0.717, 1.165) is 85.1 Å². The third-order valence-electron chi connectivity index (χ3n) is 7.78. The normalized spacial score (nSPS) is 27.2. The lowest BCUT2D eigenvalue weighted by Gasteiger charge is -2.38. The van der Waals surface area contributed by atoms with Crippen LogP contribution in [0.1, 0.15) is 5.56 Å². The molecule has 3 aliphatic rings. The van der Waals surface area contributed by atoms with E-state index >= 15 is 0 Å². The van der Waals surface area contributed by atoms with Gasteiger partial charge in [0.1, 0.15) is 0 Å². The van der Waals surface area contributed by atoms with Crippen LogP contribution in [0.15, 0.2) is 54.6 Å². The van der Waals surface area contributed by atoms with Crippen molar-refractivity contribution in [1.29, 1.82) is 0 Å². The SMILES string of the molecule is NC12CNCCNCC(NCc3c4ccccc4cc4ccccc34)(CNCCNC1)CNCCNC2. The fraction of sp³-hybridized carbons (Fsp3) is 0.517. The molecule has 8 nitrogen and oxygen atoms in total. The van der Waals surface area contributed by atoms with Gasteiger partial charge in [0.25, 0.3) is 0 Å². The molecule has 3 aromatic carbocycles. The predicted octanol–water partition coefficient (Wildman–Crippen LogP) is 0.0837. The fourth-order valence-corrected chi connectivity index (χ4v) is 5.66. The quantitative estimate of drug-likeness (QED) is 0.237. The van der Waals surface area contributed by atoms with Crippen LogP contribution in [0.3, 0.4) is 0 Å². The maximum Gasteiger partial charge on any atom is 0.0561 e. The van der Waals surface area contributed by atoms with Crippen molar-refractivity contribution in [2.75, 3.05) is 78.5 Å². The van der Waals surface area contributed by atoms with Crippen LogP contribution >= 0.6 is 0 Å². The average Bonchev–Trinajstić information content (AvgIpc) is 2.92. The number of nitrogens with two attached hydrogens (primary N) is 1. The Hall–Kier alpha value is -2.14. The third-order valence-corrected chi connectivity index (χ3v) is 7.78. The molecule has 9 N–H and O–H groups in total. The summed E-state index contributed by atoms with van der Waals surface area (Å²) in [5.41, 5.74) is 7.65. The standard InChI is InChI=1S/C29H44N8/c30-28-17-31-9-12-34-20-29(21-35-13-10-32-18-28,22-36-14-11-33-19-28)37-16-27-25-7-3-1-5-23(25)15-24-6-2-4-8-26(24)27/h1-8,15,31-37H,9-14,16-22,30H2. The van der Waals surface area contributed by atoms with Gasteiger partial charge in [-0.15, -0.1) is 0 Å². The van der Waals surface area contributed by atoms with Gasteiger partial charge in [-0.3, -0.25) is 0 Å². The van der Waals surface area contributed by atoms with Crippen molar-refractivity contribution in [2.24, 2.45) is 5.73 Å². The molecule has 6 rings (SSSR count). The van der Waals surface area contributed by atoms with E-state index in [0.29, 0.717) is 0 Å². The van der Waals surface area contributed by atoms with Crippen molar-refractivity contribution < 1.29 is 0 Å². The zero-order valence-corrected chi connectivity index (χ0v) is 22.0. The third kappa shape index (κ3) is 6.85. The van der Waals surface area contributed by atoms with Gasteiger partial charge in [0, 0.05) is 85.1 Å². The average molecular weight is 505 g/mol. The van der Waals surface area contributed by atoms with Crippen LogP contribution in [-0.4, -0.2) is 89.6 Å². The van der Waals surface area contributed by atoms with Crippen LogP contribution in [0.5, 0.6) is 0 Å². The van der Waals surface area contributed by atoms with Gasteiger partial charge in [-0.1, -0.05) is 48.5 Å². The Morgan fingerprint density at radius 1 is 0.595 bits per heavy atom. The minimum absolute atomic E-state index is 0.149. The van der Waals surface area contributed by atoms with E-state index in [9.17, 15) is 0 Å². The Morgan fingerprint density at radius 2 is 1.00 bits per heavy atom. The molecule has 37 heavy (non-hydrogen) atoms. The molecule has 3 aliphatic heterocycles. The summed E-state index contributed by atoms with van der Waals surface area (Å²) in [6.45, 7) is 11.1. The van der Waals surface area contributed by atoms with Crippen LogP contribution in [0.25, 0.3) is 21.5 Å². The van der Waals surface area contributed by atoms with Gasteiger partial charge in [-0.05, 0) is 33.2 Å². The second-order valence-corrected chi connectivity index (χ2v) is 10.9. The maximum atomic E-state index is 6.74. The molecule has 3 fully saturated rings. The lowest BCUT2D eigenvalue weighted by atomic mass is 9.94. The number of nitrogens with one attached hydrogen (secondary N) is 7. The highest BCUT2D eigenvalue weighted by molar-refractivity contribution is 6.02. The number of rotatable bonds is 3. The summed E-state index contributed by atoms with van der Waals surface area (Å²) >= 11 is 0. The van der Waals surface area contributed by atoms with Crippen LogP contribution in [-0.2, 0) is 6.54 Å². The topological polar surface area (TPSA) is 110 Å². The Morgan fingerprint density at radius 3 is 1.46 bits per heavy atom. The number of benzene rings is 3. The van der Waals surface area contributed by atoms with Gasteiger partial charge in [-0.2, -0.15) is 0 Å². The first kappa shape index (κ1) is 26.5. The highest BCUT2D eigenvalue weighted by Crippen LogP contribution is 2.28. The predicted molar refractivity (Wildman–Crippen MR) is 155 cm³/mol. The highest BCUT2D eigenvalue weighted by Gasteiger charge is 2.30. The summed E-state index contributed by atoms with van der Waals surface area (Å²) in [5.74, 6) is 0. The first-order valence-electron chi connectivity index (χ1n) is 13.8. The highest BCUT2D eigenvalue weighted by atomic mass is 15.1. The zero-order chi connectivity index (χ0) is 25.4. The first-order valence-corrected chi connectivity index (χ1v) is 13.8. The monoisotopic (exact) mass is 504 g/mol. The van der Waals surface area contributed by atoms with Crippen LogP contribution in [0.2, 0.25) is 0 Å². The molecule has 0 unspecified atom stereocenters. The molecule has 3 saturated heterocycles. The summed E-state index contributed by atoms with van der Waals surface area (Å²) in [4.78, 5) is 0. The van der Waals surface area contributed by atoms with E-state index in [4.69, 9.17) is 5.73 Å². The van der Waals surface area contributed by atoms with Crippen molar-refractivity contribution in [2.45, 2.75) is 17.6 Å². The summed E-state index contributed by atoms with van der Waals surface area (Å²) in [7, 11) is 0. The van der Waals surface area contributed by atoms with Gasteiger partial charge in [-0.25, -0.2) is 0 Å². The number of hydrogen-bond acceptors (Lipinski definition) is 8. The molecular formula is C29H44N8. The van der Waals surface area contributed by atoms with E-state index in [1.807, 2.05) is 0 Å². The minimum Gasteiger partial charge on any atom is -0.322 e. The van der Waals surface area contributed by atoms with Gasteiger partial charge in [0.15, 0.2) is 0 Å². The van der Waals surface area contributed by atoms with Gasteiger partial charge in [0.05, 0.1) is 11.1 Å². The minimum atomic E-state index is -0.305. The largest absolute Gasteiger partial charge is 0.322 e. The Bertz CT molecular complexity index is 1050. The van der Waals surface area contributed by atoms with Crippen molar-refractivity contribution in [3.63, 3.8) is 0 Å². The van der Waals surface area contributed by atoms with Gasteiger partial charge >= 0.3 is 0 Å². The summed E-state index contributed by atoms with van der Waals surface area (Å²) < 4.78 is 0. The zero-order valence-electron chi connectivity index (χ0n) is 22.0. The summed E-state index contributed by atoms with van der Waals surface area (Å²) in [5, 5.41) is 31.2. The molecule has 8 heteroatoms. The van der Waals surface area contributed by atoms with Crippen molar-refractivity contribution in [1.82, 2.24) is 37.2 Å². The Labute approximate surface area is 220 Å². The molecule has 0 saturated carbocycles. The molecule has 3 aromatic rings. The molecule has 0 radical (unpaired) electrons. The Kier molecular flexibility index (Phi) is 9.02. The molecule has 0 amide bonds. The smallest absolute Gasteiger partial charge is 0.0561 e. The number of hydrogen-bond donors (Lipinski definition) is 8. The number of fused-ring (bicyclic) bond motifs is 17. The lowest BCUT2D eigenvalue weighted by molar-refractivity contribution is 0.269. The summed E-state index contributed by atoms with van der Waals surface area (Å²) in [6, 6.07) is 19.8. The fourth-order valence-electron chi connectivity index (χ4n) is 5.66. The summed E-state index contributed by atoms with van der Waals surface area (Å²) in [6.07, 6.45) is 0. The molecule has 2 bridgehead atoms. The molecule has 200 valence electrons. The molecule has 0 aliphatic carbocycles. The van der Waals surface area contributed by atoms with Crippen LogP contribution in [0, 0.1) is 0 Å². The molecule has 0 atom stereocenters. The molecule has 0 aromatic heterocycles. The van der Waals surface area contributed by atoms with Gasteiger partial charge < -0.3 is 43.0 Å². The van der Waals surface area contributed by atoms with Crippen LogP contribution in [0.4, 0.5) is 0 Å². The van der Waals surface area contributed by atoms with Crippen molar-refractivity contribution in [3.8, 4) is 0 Å². The van der Waals surface area contributed by atoms with Crippen molar-refractivity contribution >= 4 is 21.5 Å².